The highest BCUT2D eigenvalue weighted by atomic mass is 16.1. The van der Waals surface area contributed by atoms with Gasteiger partial charge in [0.15, 0.2) is 5.78 Å². The molecule has 0 aliphatic rings. The van der Waals surface area contributed by atoms with Crippen LogP contribution in [-0.2, 0) is 13.0 Å². The molecule has 2 aromatic carbocycles. The minimum atomic E-state index is 0.119. The normalized spacial score (nSPS) is 10.9. The van der Waals surface area contributed by atoms with Gasteiger partial charge in [0.1, 0.15) is 0 Å². The molecule has 0 aliphatic heterocycles. The molecule has 0 amide bonds. The van der Waals surface area contributed by atoms with Crippen molar-refractivity contribution in [2.75, 3.05) is 0 Å². The van der Waals surface area contributed by atoms with Gasteiger partial charge in [-0.1, -0.05) is 49.4 Å². The number of benzene rings is 2. The fourth-order valence-electron chi connectivity index (χ4n) is 2.58. The molecule has 0 fully saturated rings. The van der Waals surface area contributed by atoms with Crippen molar-refractivity contribution in [3.63, 3.8) is 0 Å². The smallest absolute Gasteiger partial charge is 0.170 e. The molecule has 0 N–H and O–H groups in total. The van der Waals surface area contributed by atoms with Gasteiger partial charge in [-0.15, -0.1) is 0 Å². The first kappa shape index (κ1) is 13.6. The molecule has 0 bridgehead atoms. The molecule has 3 rings (SSSR count). The van der Waals surface area contributed by atoms with Gasteiger partial charge in [0.05, 0.1) is 11.8 Å². The van der Waals surface area contributed by atoms with Crippen LogP contribution >= 0.6 is 0 Å². The second kappa shape index (κ2) is 5.92. The Kier molecular flexibility index (Phi) is 3.82. The molecule has 0 radical (unpaired) electrons. The summed E-state index contributed by atoms with van der Waals surface area (Å²) in [5.74, 6) is 0.119. The van der Waals surface area contributed by atoms with Gasteiger partial charge in [0, 0.05) is 19.2 Å². The summed E-state index contributed by atoms with van der Waals surface area (Å²) < 4.78 is 1.83. The molecule has 3 heteroatoms. The first-order chi connectivity index (χ1) is 10.3. The summed E-state index contributed by atoms with van der Waals surface area (Å²) in [6.07, 6.45) is 4.94. The lowest BCUT2D eigenvalue weighted by Crippen LogP contribution is -2.03. The average molecular weight is 278 g/mol. The Labute approximate surface area is 124 Å². The number of ketones is 1. The van der Waals surface area contributed by atoms with Crippen LogP contribution in [0.3, 0.4) is 0 Å². The molecule has 0 saturated carbocycles. The van der Waals surface area contributed by atoms with Crippen LogP contribution in [0.1, 0.15) is 29.3 Å². The van der Waals surface area contributed by atoms with Gasteiger partial charge in [0.25, 0.3) is 0 Å². The van der Waals surface area contributed by atoms with Gasteiger partial charge in [-0.2, -0.15) is 5.10 Å². The molecule has 106 valence electrons. The summed E-state index contributed by atoms with van der Waals surface area (Å²) in [5, 5.41) is 6.55. The van der Waals surface area contributed by atoms with Crippen molar-refractivity contribution in [2.45, 2.75) is 26.3 Å². The van der Waals surface area contributed by atoms with Crippen LogP contribution in [0.4, 0.5) is 0 Å². The van der Waals surface area contributed by atoms with Crippen LogP contribution in [0.5, 0.6) is 0 Å². The lowest BCUT2D eigenvalue weighted by Gasteiger charge is -2.05. The number of carbonyl (C=O) groups excluding carboxylic acids is 1. The second-order valence-electron chi connectivity index (χ2n) is 5.23. The molecule has 21 heavy (non-hydrogen) atoms. The highest BCUT2D eigenvalue weighted by Crippen LogP contribution is 2.20. The van der Waals surface area contributed by atoms with Gasteiger partial charge in [-0.3, -0.25) is 9.48 Å². The number of aromatic nitrogens is 2. The lowest BCUT2D eigenvalue weighted by atomic mass is 9.99. The summed E-state index contributed by atoms with van der Waals surface area (Å²) in [6, 6.07) is 14.3. The first-order valence-electron chi connectivity index (χ1n) is 7.30. The second-order valence-corrected chi connectivity index (χ2v) is 5.23. The third-order valence-corrected chi connectivity index (χ3v) is 3.64. The Balaban J connectivity index is 1.85. The molecule has 0 spiro atoms. The van der Waals surface area contributed by atoms with E-state index in [0.717, 1.165) is 23.9 Å². The molecule has 0 atom stereocenters. The summed E-state index contributed by atoms with van der Waals surface area (Å²) in [7, 11) is 0. The van der Waals surface area contributed by atoms with Crippen molar-refractivity contribution >= 4 is 16.6 Å². The van der Waals surface area contributed by atoms with E-state index in [1.165, 1.54) is 5.39 Å². The number of aryl methyl sites for hydroxylation is 1. The van der Waals surface area contributed by atoms with E-state index in [2.05, 4.69) is 30.2 Å². The van der Waals surface area contributed by atoms with Crippen LogP contribution in [0.25, 0.3) is 10.8 Å². The molecule has 3 nitrogen and oxygen atoms in total. The lowest BCUT2D eigenvalue weighted by molar-refractivity contribution is 0.0993. The van der Waals surface area contributed by atoms with Crippen molar-refractivity contribution in [3.8, 4) is 0 Å². The zero-order chi connectivity index (χ0) is 14.7. The third kappa shape index (κ3) is 2.87. The fraction of sp³-hybridized carbons (Fsp3) is 0.222. The number of nitrogens with zero attached hydrogens (tertiary/aromatic N) is 2. The fourth-order valence-corrected chi connectivity index (χ4v) is 2.58. The molecule has 0 aliphatic carbocycles. The number of carbonyl (C=O) groups is 1. The van der Waals surface area contributed by atoms with Crippen LogP contribution < -0.4 is 0 Å². The van der Waals surface area contributed by atoms with Crippen molar-refractivity contribution in [1.82, 2.24) is 9.78 Å². The minimum Gasteiger partial charge on any atom is -0.294 e. The maximum Gasteiger partial charge on any atom is 0.170 e. The number of rotatable bonds is 5. The summed E-state index contributed by atoms with van der Waals surface area (Å²) in [6.45, 7) is 2.95. The van der Waals surface area contributed by atoms with Gasteiger partial charge < -0.3 is 0 Å². The Morgan fingerprint density at radius 3 is 2.81 bits per heavy atom. The predicted octanol–water partition coefficient (Wildman–Crippen LogP) is 3.87. The van der Waals surface area contributed by atoms with E-state index in [9.17, 15) is 4.79 Å². The van der Waals surface area contributed by atoms with Crippen LogP contribution in [0, 0.1) is 0 Å². The average Bonchev–Trinajstić information content (AvgIpc) is 2.97. The van der Waals surface area contributed by atoms with E-state index in [-0.39, 0.29) is 5.78 Å². The van der Waals surface area contributed by atoms with Crippen molar-refractivity contribution in [1.29, 1.82) is 0 Å². The van der Waals surface area contributed by atoms with E-state index in [4.69, 9.17) is 0 Å². The zero-order valence-electron chi connectivity index (χ0n) is 12.1. The number of fused-ring (bicyclic) bond motifs is 1. The van der Waals surface area contributed by atoms with Gasteiger partial charge >= 0.3 is 0 Å². The highest BCUT2D eigenvalue weighted by molar-refractivity contribution is 5.99. The van der Waals surface area contributed by atoms with Crippen molar-refractivity contribution in [3.05, 3.63) is 66.0 Å². The van der Waals surface area contributed by atoms with E-state index in [1.807, 2.05) is 35.1 Å². The molecule has 1 aromatic heterocycles. The van der Waals surface area contributed by atoms with Gasteiger partial charge in [-0.25, -0.2) is 0 Å². The van der Waals surface area contributed by atoms with Gasteiger partial charge in [0.2, 0.25) is 0 Å². The van der Waals surface area contributed by atoms with Gasteiger partial charge in [-0.05, 0) is 22.8 Å². The Hall–Kier alpha value is -2.42. The van der Waals surface area contributed by atoms with E-state index >= 15 is 0 Å². The Morgan fingerprint density at radius 2 is 1.95 bits per heavy atom. The molecule has 1 heterocycles. The number of hydrogen-bond donors (Lipinski definition) is 0. The quantitative estimate of drug-likeness (QED) is 0.664. The predicted molar refractivity (Wildman–Crippen MR) is 84.5 cm³/mol. The maximum absolute atomic E-state index is 12.4. The Bertz CT molecular complexity index is 768. The van der Waals surface area contributed by atoms with E-state index < -0.39 is 0 Å². The Morgan fingerprint density at radius 1 is 1.14 bits per heavy atom. The molecular formula is C18H18N2O. The largest absolute Gasteiger partial charge is 0.294 e. The first-order valence-corrected chi connectivity index (χ1v) is 7.30. The van der Waals surface area contributed by atoms with E-state index in [0.29, 0.717) is 12.0 Å². The van der Waals surface area contributed by atoms with Crippen molar-refractivity contribution < 1.29 is 4.79 Å². The topological polar surface area (TPSA) is 34.9 Å². The highest BCUT2D eigenvalue weighted by Gasteiger charge is 2.11. The third-order valence-electron chi connectivity index (χ3n) is 3.64. The van der Waals surface area contributed by atoms with E-state index in [1.54, 1.807) is 6.20 Å². The molecule has 0 unspecified atom stereocenters. The SMILES string of the molecule is CCCn1cc(C(=O)Cc2cccc3ccccc23)cn1. The van der Waals surface area contributed by atoms with Crippen LogP contribution in [0.2, 0.25) is 0 Å². The maximum atomic E-state index is 12.4. The summed E-state index contributed by atoms with van der Waals surface area (Å²) in [4.78, 5) is 12.4. The standard InChI is InChI=1S/C18H18N2O/c1-2-10-20-13-16(12-19-20)18(21)11-15-8-5-7-14-6-3-4-9-17(14)15/h3-9,12-13H,2,10-11H2,1H3. The summed E-state index contributed by atoms with van der Waals surface area (Å²) >= 11 is 0. The minimum absolute atomic E-state index is 0.119. The van der Waals surface area contributed by atoms with Crippen molar-refractivity contribution in [2.24, 2.45) is 0 Å². The molecular weight excluding hydrogens is 260 g/mol. The van der Waals surface area contributed by atoms with Crippen LogP contribution in [-0.4, -0.2) is 15.6 Å². The zero-order valence-corrected chi connectivity index (χ0v) is 12.1. The number of hydrogen-bond acceptors (Lipinski definition) is 2. The van der Waals surface area contributed by atoms with Crippen LogP contribution in [0.15, 0.2) is 54.9 Å². The monoisotopic (exact) mass is 278 g/mol. The molecule has 0 saturated heterocycles. The summed E-state index contributed by atoms with van der Waals surface area (Å²) in [5.41, 5.74) is 1.76. The molecule has 3 aromatic rings. The number of Topliss-reactive ketones (excluding diaryl/α,β-unsaturated/α-hetero) is 1.